The lowest BCUT2D eigenvalue weighted by molar-refractivity contribution is 0.126. The molecule has 0 spiro atoms. The van der Waals surface area contributed by atoms with Crippen molar-refractivity contribution < 1.29 is 9.84 Å². The lowest BCUT2D eigenvalue weighted by atomic mass is 10.1. The van der Waals surface area contributed by atoms with Crippen molar-refractivity contribution in [3.05, 3.63) is 52.7 Å². The minimum Gasteiger partial charge on any atom is -0.491 e. The molecule has 0 fully saturated rings. The van der Waals surface area contributed by atoms with Crippen LogP contribution in [0.1, 0.15) is 22.4 Å². The quantitative estimate of drug-likeness (QED) is 0.814. The topological polar surface area (TPSA) is 89.9 Å². The zero-order chi connectivity index (χ0) is 17.5. The third-order valence-corrected chi connectivity index (χ3v) is 4.38. The molecule has 0 aliphatic heterocycles. The van der Waals surface area contributed by atoms with Crippen LogP contribution in [0.4, 0.5) is 0 Å². The molecule has 0 radical (unpaired) electrons. The largest absolute Gasteiger partial charge is 0.491 e. The van der Waals surface area contributed by atoms with Gasteiger partial charge in [-0.15, -0.1) is 11.8 Å². The third-order valence-electron chi connectivity index (χ3n) is 3.26. The fraction of sp³-hybridized carbons (Fsp3) is 0.278. The lowest BCUT2D eigenvalue weighted by Gasteiger charge is -2.13. The minimum atomic E-state index is -0.695. The van der Waals surface area contributed by atoms with Gasteiger partial charge in [0.2, 0.25) is 0 Å². The predicted molar refractivity (Wildman–Crippen MR) is 91.8 cm³/mol. The van der Waals surface area contributed by atoms with E-state index >= 15 is 0 Å². The molecular weight excluding hydrogens is 322 g/mol. The Hall–Kier alpha value is -2.54. The number of aryl methyl sites for hydroxylation is 2. The molecule has 6 heteroatoms. The van der Waals surface area contributed by atoms with Crippen LogP contribution < -0.4 is 4.74 Å². The Morgan fingerprint density at radius 1 is 1.21 bits per heavy atom. The first-order valence-electron chi connectivity index (χ1n) is 7.35. The summed E-state index contributed by atoms with van der Waals surface area (Å²) in [5, 5.41) is 28.7. The van der Waals surface area contributed by atoms with Crippen LogP contribution in [0.15, 0.2) is 35.4 Å². The highest BCUT2D eigenvalue weighted by Crippen LogP contribution is 2.24. The molecule has 0 amide bonds. The van der Waals surface area contributed by atoms with Crippen LogP contribution in [0.3, 0.4) is 0 Å². The van der Waals surface area contributed by atoms with E-state index in [-0.39, 0.29) is 6.61 Å². The summed E-state index contributed by atoms with van der Waals surface area (Å²) >= 11 is 1.34. The van der Waals surface area contributed by atoms with E-state index in [2.05, 4.69) is 11.1 Å². The first kappa shape index (κ1) is 17.8. The Morgan fingerprint density at radius 3 is 2.54 bits per heavy atom. The van der Waals surface area contributed by atoms with Crippen molar-refractivity contribution in [2.24, 2.45) is 0 Å². The normalized spacial score (nSPS) is 11.4. The second-order valence-electron chi connectivity index (χ2n) is 5.28. The van der Waals surface area contributed by atoms with E-state index in [1.165, 1.54) is 11.8 Å². The van der Waals surface area contributed by atoms with Gasteiger partial charge < -0.3 is 9.84 Å². The SMILES string of the molecule is Cc1cc(C)c(C#N)c(SCC(O)COc2ccc(C#N)cc2)n1. The van der Waals surface area contributed by atoms with Gasteiger partial charge in [-0.2, -0.15) is 10.5 Å². The Labute approximate surface area is 145 Å². The summed E-state index contributed by atoms with van der Waals surface area (Å²) in [6, 6.07) is 12.8. The first-order valence-corrected chi connectivity index (χ1v) is 8.34. The summed E-state index contributed by atoms with van der Waals surface area (Å²) in [7, 11) is 0. The van der Waals surface area contributed by atoms with Crippen molar-refractivity contribution in [2.75, 3.05) is 12.4 Å². The Balaban J connectivity index is 1.90. The molecule has 2 rings (SSSR count). The number of rotatable bonds is 6. The molecule has 1 aromatic heterocycles. The molecule has 5 nitrogen and oxygen atoms in total. The molecular formula is C18H17N3O2S. The molecule has 1 N–H and O–H groups in total. The standard InChI is InChI=1S/C18H17N3O2S/c1-12-7-13(2)21-18(17(12)9-20)24-11-15(22)10-23-16-5-3-14(8-19)4-6-16/h3-7,15,22H,10-11H2,1-2H3. The van der Waals surface area contributed by atoms with Gasteiger partial charge in [-0.1, -0.05) is 0 Å². The van der Waals surface area contributed by atoms with Crippen molar-refractivity contribution in [3.8, 4) is 17.9 Å². The van der Waals surface area contributed by atoms with E-state index in [4.69, 9.17) is 10.00 Å². The monoisotopic (exact) mass is 339 g/mol. The second-order valence-corrected chi connectivity index (χ2v) is 6.29. The number of nitrogens with zero attached hydrogens (tertiary/aromatic N) is 3. The van der Waals surface area contributed by atoms with E-state index in [0.29, 0.717) is 27.7 Å². The Morgan fingerprint density at radius 2 is 1.92 bits per heavy atom. The van der Waals surface area contributed by atoms with Crippen LogP contribution in [-0.4, -0.2) is 28.6 Å². The number of aliphatic hydroxyl groups is 1. The van der Waals surface area contributed by atoms with Crippen LogP contribution in [-0.2, 0) is 0 Å². The average Bonchev–Trinajstić information content (AvgIpc) is 2.58. The molecule has 1 unspecified atom stereocenters. The maximum absolute atomic E-state index is 10.1. The number of nitriles is 2. The van der Waals surface area contributed by atoms with Gasteiger partial charge in [0.25, 0.3) is 0 Å². The number of aromatic nitrogens is 1. The fourth-order valence-corrected chi connectivity index (χ4v) is 3.09. The van der Waals surface area contributed by atoms with Crippen molar-refractivity contribution in [1.29, 1.82) is 10.5 Å². The Bertz CT molecular complexity index is 792. The molecule has 0 bridgehead atoms. The van der Waals surface area contributed by atoms with Gasteiger partial charge >= 0.3 is 0 Å². The summed E-state index contributed by atoms with van der Waals surface area (Å²) < 4.78 is 5.50. The minimum absolute atomic E-state index is 0.131. The van der Waals surface area contributed by atoms with Crippen LogP contribution >= 0.6 is 11.8 Å². The summed E-state index contributed by atoms with van der Waals surface area (Å²) in [5.74, 6) is 0.973. The van der Waals surface area contributed by atoms with Crippen LogP contribution in [0.25, 0.3) is 0 Å². The maximum atomic E-state index is 10.1. The number of aliphatic hydroxyl groups excluding tert-OH is 1. The smallest absolute Gasteiger partial charge is 0.119 e. The molecule has 24 heavy (non-hydrogen) atoms. The molecule has 0 saturated carbocycles. The summed E-state index contributed by atoms with van der Waals surface area (Å²) in [6.07, 6.45) is -0.695. The van der Waals surface area contributed by atoms with Crippen molar-refractivity contribution in [3.63, 3.8) is 0 Å². The molecule has 1 atom stereocenters. The van der Waals surface area contributed by atoms with Gasteiger partial charge in [0, 0.05) is 11.4 Å². The van der Waals surface area contributed by atoms with E-state index in [1.54, 1.807) is 24.3 Å². The number of ether oxygens (including phenoxy) is 1. The lowest BCUT2D eigenvalue weighted by Crippen LogP contribution is -2.20. The zero-order valence-corrected chi connectivity index (χ0v) is 14.3. The van der Waals surface area contributed by atoms with Gasteiger partial charge in [-0.3, -0.25) is 0 Å². The van der Waals surface area contributed by atoms with E-state index in [9.17, 15) is 10.4 Å². The van der Waals surface area contributed by atoms with Crippen molar-refractivity contribution in [2.45, 2.75) is 25.0 Å². The molecule has 1 heterocycles. The summed E-state index contributed by atoms with van der Waals surface area (Å²) in [4.78, 5) is 4.37. The van der Waals surface area contributed by atoms with Gasteiger partial charge in [-0.25, -0.2) is 4.98 Å². The summed E-state index contributed by atoms with van der Waals surface area (Å²) in [6.45, 7) is 3.88. The fourth-order valence-electron chi connectivity index (χ4n) is 2.08. The van der Waals surface area contributed by atoms with Gasteiger partial charge in [0.1, 0.15) is 23.5 Å². The predicted octanol–water partition coefficient (Wildman–Crippen LogP) is 2.97. The highest BCUT2D eigenvalue weighted by Gasteiger charge is 2.12. The third kappa shape index (κ3) is 4.73. The second kappa shape index (κ2) is 8.35. The molecule has 2 aromatic rings. The van der Waals surface area contributed by atoms with Gasteiger partial charge in [0.05, 0.1) is 23.3 Å². The van der Waals surface area contributed by atoms with E-state index in [0.717, 1.165) is 11.3 Å². The van der Waals surface area contributed by atoms with Gasteiger partial charge in [-0.05, 0) is 49.7 Å². The molecule has 0 saturated heterocycles. The Kier molecular flexibility index (Phi) is 6.20. The highest BCUT2D eigenvalue weighted by atomic mass is 32.2. The number of benzene rings is 1. The number of hydrogen-bond donors (Lipinski definition) is 1. The molecule has 1 aromatic carbocycles. The maximum Gasteiger partial charge on any atom is 0.119 e. The first-order chi connectivity index (χ1) is 11.5. The van der Waals surface area contributed by atoms with E-state index < -0.39 is 6.10 Å². The number of thioether (sulfide) groups is 1. The highest BCUT2D eigenvalue weighted by molar-refractivity contribution is 7.99. The van der Waals surface area contributed by atoms with Gasteiger partial charge in [0.15, 0.2) is 0 Å². The number of pyridine rings is 1. The van der Waals surface area contributed by atoms with E-state index in [1.807, 2.05) is 26.0 Å². The van der Waals surface area contributed by atoms with Crippen LogP contribution in [0.5, 0.6) is 5.75 Å². The number of hydrogen-bond acceptors (Lipinski definition) is 6. The zero-order valence-electron chi connectivity index (χ0n) is 13.5. The molecule has 0 aliphatic rings. The van der Waals surface area contributed by atoms with Crippen molar-refractivity contribution >= 4 is 11.8 Å². The van der Waals surface area contributed by atoms with Crippen LogP contribution in [0, 0.1) is 36.5 Å². The van der Waals surface area contributed by atoms with Crippen LogP contribution in [0.2, 0.25) is 0 Å². The molecule has 122 valence electrons. The summed E-state index contributed by atoms with van der Waals surface area (Å²) in [5.41, 5.74) is 2.84. The average molecular weight is 339 g/mol. The van der Waals surface area contributed by atoms with Crippen molar-refractivity contribution in [1.82, 2.24) is 4.98 Å². The molecule has 0 aliphatic carbocycles.